The third-order valence-electron chi connectivity index (χ3n) is 3.42. The predicted molar refractivity (Wildman–Crippen MR) is 75.7 cm³/mol. The minimum absolute atomic E-state index is 0. The van der Waals surface area contributed by atoms with Gasteiger partial charge in [0.15, 0.2) is 0 Å². The zero-order valence-electron chi connectivity index (χ0n) is 11.1. The molecule has 1 aromatic heterocycles. The standard InChI is InChI=1S/C13H17N4.2ClH/c1-16-7-8-17(2)13(16)9-12-14-10-5-3-4-6-11(10)15-12;;/h3-6H,7-9H2,1-2H3,(H,14,15);2*1H/q+1;;/p-1. The lowest BCUT2D eigenvalue weighted by atomic mass is 10.3. The maximum atomic E-state index is 4.62. The van der Waals surface area contributed by atoms with E-state index in [1.807, 2.05) is 18.2 Å². The number of amidine groups is 1. The molecule has 2 aromatic rings. The Hall–Kier alpha value is -1.26. The van der Waals surface area contributed by atoms with Crippen molar-refractivity contribution in [2.75, 3.05) is 27.2 Å². The second-order valence-electron chi connectivity index (χ2n) is 4.64. The van der Waals surface area contributed by atoms with E-state index in [1.165, 1.54) is 5.84 Å². The molecule has 0 fully saturated rings. The van der Waals surface area contributed by atoms with Crippen molar-refractivity contribution < 1.29 is 17.0 Å². The van der Waals surface area contributed by atoms with E-state index in [4.69, 9.17) is 0 Å². The quantitative estimate of drug-likeness (QED) is 0.687. The Morgan fingerprint density at radius 1 is 1.37 bits per heavy atom. The first kappa shape index (κ1) is 15.8. The highest BCUT2D eigenvalue weighted by atomic mass is 35.5. The molecule has 0 saturated carbocycles. The highest BCUT2D eigenvalue weighted by molar-refractivity contribution is 5.85. The predicted octanol–water partition coefficient (Wildman–Crippen LogP) is -1.48. The number of H-pyrrole nitrogens is 1. The molecule has 1 aromatic carbocycles. The van der Waals surface area contributed by atoms with Crippen LogP contribution in [-0.2, 0) is 6.42 Å². The van der Waals surface area contributed by atoms with Crippen LogP contribution in [0.4, 0.5) is 0 Å². The van der Waals surface area contributed by atoms with Gasteiger partial charge in [-0.3, -0.25) is 9.48 Å². The van der Waals surface area contributed by atoms with Gasteiger partial charge in [0.2, 0.25) is 0 Å². The number of aromatic nitrogens is 2. The van der Waals surface area contributed by atoms with Gasteiger partial charge in [-0.15, -0.1) is 12.4 Å². The lowest BCUT2D eigenvalue weighted by Gasteiger charge is -2.04. The molecule has 3 rings (SSSR count). The maximum absolute atomic E-state index is 4.62. The summed E-state index contributed by atoms with van der Waals surface area (Å²) in [6, 6.07) is 8.17. The Kier molecular flexibility index (Phi) is 5.20. The van der Waals surface area contributed by atoms with Crippen LogP contribution in [-0.4, -0.2) is 52.5 Å². The average Bonchev–Trinajstić information content (AvgIpc) is 2.87. The average molecular weight is 301 g/mol. The van der Waals surface area contributed by atoms with Gasteiger partial charge >= 0.3 is 0 Å². The number of likely N-dealkylation sites (N-methyl/N-ethyl adjacent to an activating group) is 2. The molecule has 4 nitrogen and oxygen atoms in total. The van der Waals surface area contributed by atoms with Crippen molar-refractivity contribution in [3.05, 3.63) is 30.1 Å². The van der Waals surface area contributed by atoms with Gasteiger partial charge in [0.25, 0.3) is 5.84 Å². The summed E-state index contributed by atoms with van der Waals surface area (Å²) in [5, 5.41) is 0. The maximum Gasteiger partial charge on any atom is 0.254 e. The van der Waals surface area contributed by atoms with Crippen molar-refractivity contribution >= 4 is 29.3 Å². The molecular formula is C13H18Cl2N4. The number of imidazole rings is 1. The lowest BCUT2D eigenvalue weighted by molar-refractivity contribution is -0.487. The Labute approximate surface area is 125 Å². The number of para-hydroxylation sites is 2. The molecule has 0 unspecified atom stereocenters. The number of rotatable bonds is 2. The largest absolute Gasteiger partial charge is 1.00 e. The highest BCUT2D eigenvalue weighted by Crippen LogP contribution is 2.12. The molecule has 6 heteroatoms. The van der Waals surface area contributed by atoms with Crippen LogP contribution in [0.25, 0.3) is 11.0 Å². The van der Waals surface area contributed by atoms with Gasteiger partial charge in [-0.05, 0) is 12.1 Å². The Morgan fingerprint density at radius 2 is 2.11 bits per heavy atom. The molecule has 0 spiro atoms. The number of nitrogens with one attached hydrogen (secondary N) is 1. The van der Waals surface area contributed by atoms with E-state index in [2.05, 4.69) is 39.6 Å². The lowest BCUT2D eigenvalue weighted by Crippen LogP contribution is -3.00. The first-order valence-corrected chi connectivity index (χ1v) is 5.96. The van der Waals surface area contributed by atoms with Crippen LogP contribution in [0.5, 0.6) is 0 Å². The molecule has 0 saturated heterocycles. The minimum atomic E-state index is 0. The van der Waals surface area contributed by atoms with Crippen molar-refractivity contribution in [2.45, 2.75) is 6.42 Å². The third-order valence-corrected chi connectivity index (χ3v) is 3.42. The Morgan fingerprint density at radius 3 is 2.74 bits per heavy atom. The van der Waals surface area contributed by atoms with E-state index in [0.717, 1.165) is 36.4 Å². The zero-order chi connectivity index (χ0) is 11.8. The number of halogens is 2. The van der Waals surface area contributed by atoms with E-state index >= 15 is 0 Å². The van der Waals surface area contributed by atoms with Crippen LogP contribution in [0.3, 0.4) is 0 Å². The molecule has 0 aliphatic carbocycles. The Bertz CT molecular complexity index is 558. The molecule has 1 aliphatic heterocycles. The minimum Gasteiger partial charge on any atom is -1.00 e. The van der Waals surface area contributed by atoms with E-state index in [9.17, 15) is 0 Å². The molecule has 0 atom stereocenters. The number of fused-ring (bicyclic) bond motifs is 1. The van der Waals surface area contributed by atoms with Crippen LogP contribution < -0.4 is 12.4 Å². The van der Waals surface area contributed by atoms with Crippen molar-refractivity contribution in [2.24, 2.45) is 0 Å². The van der Waals surface area contributed by atoms with Crippen molar-refractivity contribution in [1.82, 2.24) is 14.9 Å². The van der Waals surface area contributed by atoms with E-state index in [0.29, 0.717) is 0 Å². The summed E-state index contributed by atoms with van der Waals surface area (Å²) in [5.74, 6) is 2.38. The van der Waals surface area contributed by atoms with Crippen molar-refractivity contribution in [3.63, 3.8) is 0 Å². The van der Waals surface area contributed by atoms with Crippen LogP contribution in [0.15, 0.2) is 24.3 Å². The van der Waals surface area contributed by atoms with Crippen molar-refractivity contribution in [1.29, 1.82) is 0 Å². The van der Waals surface area contributed by atoms with Gasteiger partial charge in [0.05, 0.1) is 25.1 Å². The first-order valence-electron chi connectivity index (χ1n) is 5.96. The molecular weight excluding hydrogens is 283 g/mol. The summed E-state index contributed by atoms with van der Waals surface area (Å²) >= 11 is 0. The fourth-order valence-electron chi connectivity index (χ4n) is 2.36. The van der Waals surface area contributed by atoms with Gasteiger partial charge in [-0.2, -0.15) is 0 Å². The molecule has 104 valence electrons. The summed E-state index contributed by atoms with van der Waals surface area (Å²) in [6.45, 7) is 2.21. The SMILES string of the molecule is CN1CC[N+](C)=C1Cc1nc2ccccc2[nH]1.Cl.[Cl-]. The molecule has 1 aliphatic rings. The fraction of sp³-hybridized carbons (Fsp3) is 0.385. The molecule has 0 amide bonds. The summed E-state index contributed by atoms with van der Waals surface area (Å²) in [6.07, 6.45) is 0.877. The normalized spacial score (nSPS) is 14.5. The summed E-state index contributed by atoms with van der Waals surface area (Å²) in [4.78, 5) is 10.3. The van der Waals surface area contributed by atoms with Gasteiger partial charge in [-0.25, -0.2) is 4.98 Å². The van der Waals surface area contributed by atoms with Crippen LogP contribution >= 0.6 is 12.4 Å². The Balaban J connectivity index is 0.000000902. The van der Waals surface area contributed by atoms with Crippen LogP contribution in [0.2, 0.25) is 0 Å². The number of nitrogens with zero attached hydrogens (tertiary/aromatic N) is 3. The van der Waals surface area contributed by atoms with Crippen molar-refractivity contribution in [3.8, 4) is 0 Å². The van der Waals surface area contributed by atoms with Crippen LogP contribution in [0, 0.1) is 0 Å². The highest BCUT2D eigenvalue weighted by Gasteiger charge is 2.25. The second kappa shape index (κ2) is 6.26. The number of hydrogen-bond acceptors (Lipinski definition) is 2. The third kappa shape index (κ3) is 3.01. The molecule has 0 radical (unpaired) electrons. The first-order chi connectivity index (χ1) is 8.24. The van der Waals surface area contributed by atoms with E-state index < -0.39 is 0 Å². The van der Waals surface area contributed by atoms with Crippen LogP contribution in [0.1, 0.15) is 5.82 Å². The van der Waals surface area contributed by atoms with Gasteiger partial charge in [0, 0.05) is 0 Å². The van der Waals surface area contributed by atoms with Gasteiger partial charge in [0.1, 0.15) is 25.3 Å². The zero-order valence-corrected chi connectivity index (χ0v) is 12.6. The second-order valence-corrected chi connectivity index (χ2v) is 4.64. The van der Waals surface area contributed by atoms with E-state index in [-0.39, 0.29) is 24.8 Å². The number of benzene rings is 1. The number of aromatic amines is 1. The summed E-state index contributed by atoms with van der Waals surface area (Å²) in [7, 11) is 4.28. The smallest absolute Gasteiger partial charge is 0.254 e. The fourth-order valence-corrected chi connectivity index (χ4v) is 2.36. The molecule has 19 heavy (non-hydrogen) atoms. The molecule has 2 heterocycles. The summed E-state index contributed by atoms with van der Waals surface area (Å²) < 4.78 is 2.30. The topological polar surface area (TPSA) is 34.9 Å². The van der Waals surface area contributed by atoms with E-state index in [1.54, 1.807) is 0 Å². The number of hydrogen-bond donors (Lipinski definition) is 1. The molecule has 0 bridgehead atoms. The van der Waals surface area contributed by atoms with Gasteiger partial charge < -0.3 is 17.4 Å². The molecule has 1 N–H and O–H groups in total. The monoisotopic (exact) mass is 300 g/mol. The van der Waals surface area contributed by atoms with Gasteiger partial charge in [-0.1, -0.05) is 12.1 Å². The summed E-state index contributed by atoms with van der Waals surface area (Å²) in [5.41, 5.74) is 2.16.